The average Bonchev–Trinajstić information content (AvgIpc) is 3.11. The Bertz CT molecular complexity index is 1230. The molecule has 1 amide bonds. The monoisotopic (exact) mass is 501 g/mol. The number of methoxy groups -OCH3 is 1. The predicted molar refractivity (Wildman–Crippen MR) is 136 cm³/mol. The summed E-state index contributed by atoms with van der Waals surface area (Å²) in [5, 5.41) is 3.74. The van der Waals surface area contributed by atoms with Crippen LogP contribution in [0.3, 0.4) is 0 Å². The fraction of sp³-hybridized carbons (Fsp3) is 0.0833. The third-order valence-corrected chi connectivity index (χ3v) is 6.42. The molecule has 0 radical (unpaired) electrons. The van der Waals surface area contributed by atoms with Gasteiger partial charge in [-0.2, -0.15) is 0 Å². The molecule has 162 valence electrons. The Kier molecular flexibility index (Phi) is 7.06. The molecule has 1 N–H and O–H groups in total. The third kappa shape index (κ3) is 5.10. The second-order valence-corrected chi connectivity index (χ2v) is 9.41. The summed E-state index contributed by atoms with van der Waals surface area (Å²) < 4.78 is 12.2. The second-order valence-electron chi connectivity index (χ2n) is 6.85. The van der Waals surface area contributed by atoms with Gasteiger partial charge in [-0.1, -0.05) is 77.5 Å². The van der Waals surface area contributed by atoms with E-state index in [0.29, 0.717) is 42.9 Å². The van der Waals surface area contributed by atoms with Crippen molar-refractivity contribution in [2.24, 2.45) is 0 Å². The number of hydrogen-bond acceptors (Lipinski definition) is 5. The minimum atomic E-state index is -0.251. The van der Waals surface area contributed by atoms with Crippen molar-refractivity contribution in [3.8, 4) is 22.6 Å². The van der Waals surface area contributed by atoms with Crippen LogP contribution in [0, 0.1) is 0 Å². The Hall–Kier alpha value is -2.51. The maximum Gasteiger partial charge on any atom is 0.263 e. The molecule has 1 fully saturated rings. The van der Waals surface area contributed by atoms with Crippen LogP contribution in [-0.2, 0) is 11.4 Å². The van der Waals surface area contributed by atoms with Gasteiger partial charge < -0.3 is 14.8 Å². The van der Waals surface area contributed by atoms with Crippen molar-refractivity contribution < 1.29 is 14.3 Å². The van der Waals surface area contributed by atoms with E-state index < -0.39 is 0 Å². The summed E-state index contributed by atoms with van der Waals surface area (Å²) in [6.07, 6.45) is 1.74. The fourth-order valence-corrected chi connectivity index (χ4v) is 4.64. The number of benzene rings is 3. The lowest BCUT2D eigenvalue weighted by Gasteiger charge is -2.17. The maximum atomic E-state index is 12.3. The number of thioether (sulfide) groups is 1. The van der Waals surface area contributed by atoms with Gasteiger partial charge in [0.25, 0.3) is 5.91 Å². The van der Waals surface area contributed by atoms with Crippen molar-refractivity contribution in [2.45, 2.75) is 6.61 Å². The molecular weight excluding hydrogens is 485 g/mol. The Labute approximate surface area is 205 Å². The first-order chi connectivity index (χ1) is 15.4. The summed E-state index contributed by atoms with van der Waals surface area (Å²) in [5.41, 5.74) is 3.18. The van der Waals surface area contributed by atoms with Gasteiger partial charge in [0.15, 0.2) is 11.5 Å². The number of nitrogens with one attached hydrogen (secondary N) is 1. The largest absolute Gasteiger partial charge is 0.493 e. The molecule has 3 aromatic carbocycles. The second kappa shape index (κ2) is 9.96. The summed E-state index contributed by atoms with van der Waals surface area (Å²) in [6, 6.07) is 18.8. The van der Waals surface area contributed by atoms with E-state index in [2.05, 4.69) is 5.32 Å². The van der Waals surface area contributed by atoms with Gasteiger partial charge in [-0.3, -0.25) is 4.79 Å². The number of carbonyl (C=O) groups is 1. The molecule has 0 aromatic heterocycles. The minimum Gasteiger partial charge on any atom is -0.493 e. The average molecular weight is 502 g/mol. The molecule has 0 aliphatic carbocycles. The molecule has 4 rings (SSSR count). The molecule has 4 nitrogen and oxygen atoms in total. The third-order valence-electron chi connectivity index (χ3n) is 4.70. The molecule has 32 heavy (non-hydrogen) atoms. The molecular formula is C24H17Cl2NO3S2. The van der Waals surface area contributed by atoms with Crippen molar-refractivity contribution in [3.63, 3.8) is 0 Å². The number of rotatable bonds is 6. The molecule has 1 saturated heterocycles. The molecule has 0 unspecified atom stereocenters. The molecule has 0 saturated carbocycles. The highest BCUT2D eigenvalue weighted by molar-refractivity contribution is 8.26. The first kappa shape index (κ1) is 22.7. The summed E-state index contributed by atoms with van der Waals surface area (Å²) in [5.74, 6) is 0.767. The van der Waals surface area contributed by atoms with Crippen LogP contribution in [0.4, 0.5) is 0 Å². The van der Waals surface area contributed by atoms with Crippen LogP contribution in [0.2, 0.25) is 10.0 Å². The SMILES string of the molecule is COc1cc(-c2cc(Cl)ccc2Cl)cc(C=C2SC(=S)NC2=O)c1OCc1ccccc1. The molecule has 8 heteroatoms. The van der Waals surface area contributed by atoms with E-state index in [0.717, 1.165) is 16.7 Å². The van der Waals surface area contributed by atoms with E-state index >= 15 is 0 Å². The molecule has 1 heterocycles. The van der Waals surface area contributed by atoms with E-state index in [4.69, 9.17) is 44.9 Å². The Morgan fingerprint density at radius 2 is 1.88 bits per heavy atom. The topological polar surface area (TPSA) is 47.6 Å². The van der Waals surface area contributed by atoms with E-state index in [1.807, 2.05) is 42.5 Å². The molecule has 0 bridgehead atoms. The van der Waals surface area contributed by atoms with Gasteiger partial charge in [0.1, 0.15) is 10.9 Å². The van der Waals surface area contributed by atoms with Crippen molar-refractivity contribution in [1.82, 2.24) is 5.32 Å². The van der Waals surface area contributed by atoms with Crippen LogP contribution in [-0.4, -0.2) is 17.3 Å². The van der Waals surface area contributed by atoms with Crippen molar-refractivity contribution in [3.05, 3.63) is 86.7 Å². The van der Waals surface area contributed by atoms with E-state index in [-0.39, 0.29) is 5.91 Å². The predicted octanol–water partition coefficient (Wildman–Crippen LogP) is 6.74. The molecule has 0 atom stereocenters. The van der Waals surface area contributed by atoms with Gasteiger partial charge in [-0.25, -0.2) is 0 Å². The van der Waals surface area contributed by atoms with Gasteiger partial charge in [0.2, 0.25) is 0 Å². The van der Waals surface area contributed by atoms with E-state index in [1.165, 1.54) is 11.8 Å². The van der Waals surface area contributed by atoms with Crippen molar-refractivity contribution in [2.75, 3.05) is 7.11 Å². The Morgan fingerprint density at radius 3 is 2.56 bits per heavy atom. The van der Waals surface area contributed by atoms with Crippen molar-refractivity contribution in [1.29, 1.82) is 0 Å². The maximum absolute atomic E-state index is 12.3. The number of halogens is 2. The standard InChI is InChI=1S/C24H17Cl2NO3S2/c1-29-20-10-15(18-12-17(25)7-8-19(18)26)9-16(11-21-23(28)27-24(31)32-21)22(20)30-13-14-5-3-2-4-6-14/h2-12H,13H2,1H3,(H,27,28,31). The van der Waals surface area contributed by atoms with Gasteiger partial charge in [0.05, 0.1) is 12.0 Å². The van der Waals surface area contributed by atoms with Gasteiger partial charge in [-0.05, 0) is 47.5 Å². The molecule has 3 aromatic rings. The lowest BCUT2D eigenvalue weighted by molar-refractivity contribution is -0.115. The normalized spacial score (nSPS) is 14.5. The highest BCUT2D eigenvalue weighted by Crippen LogP contribution is 2.41. The fourth-order valence-electron chi connectivity index (χ4n) is 3.20. The lowest BCUT2D eigenvalue weighted by Crippen LogP contribution is -2.17. The number of hydrogen-bond donors (Lipinski definition) is 1. The first-order valence-electron chi connectivity index (χ1n) is 9.53. The van der Waals surface area contributed by atoms with Crippen LogP contribution in [0.5, 0.6) is 11.5 Å². The Morgan fingerprint density at radius 1 is 1.09 bits per heavy atom. The summed E-state index contributed by atoms with van der Waals surface area (Å²) in [6.45, 7) is 0.336. The molecule has 0 spiro atoms. The zero-order valence-corrected chi connectivity index (χ0v) is 20.0. The molecule has 1 aliphatic heterocycles. The van der Waals surface area contributed by atoms with Crippen molar-refractivity contribution >= 4 is 63.5 Å². The number of amides is 1. The summed E-state index contributed by atoms with van der Waals surface area (Å²) >= 11 is 19.0. The number of thiocarbonyl (C=S) groups is 1. The highest BCUT2D eigenvalue weighted by atomic mass is 35.5. The first-order valence-corrected chi connectivity index (χ1v) is 11.5. The summed E-state index contributed by atoms with van der Waals surface area (Å²) in [4.78, 5) is 12.8. The van der Waals surface area contributed by atoms with Crippen LogP contribution in [0.15, 0.2) is 65.6 Å². The smallest absolute Gasteiger partial charge is 0.263 e. The zero-order valence-electron chi connectivity index (χ0n) is 16.9. The van der Waals surface area contributed by atoms with Gasteiger partial charge in [0, 0.05) is 21.2 Å². The van der Waals surface area contributed by atoms with Gasteiger partial charge >= 0.3 is 0 Å². The quantitative estimate of drug-likeness (QED) is 0.299. The van der Waals surface area contributed by atoms with Crippen LogP contribution >= 0.6 is 47.2 Å². The number of ether oxygens (including phenoxy) is 2. The number of carbonyl (C=O) groups excluding carboxylic acids is 1. The van der Waals surface area contributed by atoms with Crippen LogP contribution < -0.4 is 14.8 Å². The minimum absolute atomic E-state index is 0.251. The highest BCUT2D eigenvalue weighted by Gasteiger charge is 2.24. The zero-order chi connectivity index (χ0) is 22.7. The van der Waals surface area contributed by atoms with Gasteiger partial charge in [-0.15, -0.1) is 0 Å². The Balaban J connectivity index is 1.83. The van der Waals surface area contributed by atoms with Crippen LogP contribution in [0.1, 0.15) is 11.1 Å². The summed E-state index contributed by atoms with van der Waals surface area (Å²) in [7, 11) is 1.57. The van der Waals surface area contributed by atoms with E-state index in [9.17, 15) is 4.79 Å². The lowest BCUT2D eigenvalue weighted by atomic mass is 10.0. The van der Waals surface area contributed by atoms with E-state index in [1.54, 1.807) is 31.4 Å². The van der Waals surface area contributed by atoms with Crippen LogP contribution in [0.25, 0.3) is 17.2 Å². The molecule has 1 aliphatic rings.